The number of likely N-dealkylation sites (N-methyl/N-ethyl adjacent to an activating group) is 1. The molecule has 0 spiro atoms. The van der Waals surface area contributed by atoms with Gasteiger partial charge in [0.2, 0.25) is 17.7 Å². The Morgan fingerprint density at radius 3 is 2.48 bits per heavy atom. The van der Waals surface area contributed by atoms with Crippen molar-refractivity contribution in [3.05, 3.63) is 42.5 Å². The first-order valence-electron chi connectivity index (χ1n) is 7.43. The molecule has 0 aliphatic heterocycles. The van der Waals surface area contributed by atoms with Gasteiger partial charge >= 0.3 is 0 Å². The Labute approximate surface area is 134 Å². The molecule has 23 heavy (non-hydrogen) atoms. The number of nitrogens with zero attached hydrogens (tertiary/aromatic N) is 1. The van der Waals surface area contributed by atoms with Crippen LogP contribution in [-0.2, 0) is 16.0 Å². The summed E-state index contributed by atoms with van der Waals surface area (Å²) in [5.41, 5.74) is 1.42. The molecule has 1 aromatic carbocycles. The molecular formula is C17H20F2N2O2. The number of alkyl halides is 2. The Morgan fingerprint density at radius 1 is 1.35 bits per heavy atom. The minimum Gasteiger partial charge on any atom is -0.345 e. The van der Waals surface area contributed by atoms with Gasteiger partial charge in [-0.25, -0.2) is 8.78 Å². The molecule has 124 valence electrons. The monoisotopic (exact) mass is 322 g/mol. The molecule has 2 amide bonds. The van der Waals surface area contributed by atoms with Crippen LogP contribution in [0.2, 0.25) is 0 Å². The highest BCUT2D eigenvalue weighted by molar-refractivity contribution is 5.98. The van der Waals surface area contributed by atoms with Crippen molar-refractivity contribution in [2.24, 2.45) is 5.92 Å². The van der Waals surface area contributed by atoms with E-state index < -0.39 is 5.92 Å². The maximum Gasteiger partial charge on any atom is 0.248 e. The van der Waals surface area contributed by atoms with Crippen molar-refractivity contribution in [1.82, 2.24) is 4.90 Å². The highest BCUT2D eigenvalue weighted by Gasteiger charge is 2.45. The van der Waals surface area contributed by atoms with Gasteiger partial charge in [0.05, 0.1) is 6.42 Å². The predicted octanol–water partition coefficient (Wildman–Crippen LogP) is 2.86. The lowest BCUT2D eigenvalue weighted by Crippen LogP contribution is -2.43. The highest BCUT2D eigenvalue weighted by Crippen LogP contribution is 2.42. The maximum absolute atomic E-state index is 12.8. The summed E-state index contributed by atoms with van der Waals surface area (Å²) in [6, 6.07) is 6.91. The predicted molar refractivity (Wildman–Crippen MR) is 84.3 cm³/mol. The van der Waals surface area contributed by atoms with E-state index in [9.17, 15) is 18.4 Å². The second-order valence-electron chi connectivity index (χ2n) is 5.97. The third kappa shape index (κ3) is 4.87. The number of nitrogens with one attached hydrogen (secondary N) is 1. The standard InChI is InChI=1S/C17H20F2N2O2/c1-3-15(22)20-14-6-4-12(5-7-14)8-16(23)21(2)11-13-9-17(18,19)10-13/h3-7,13H,1,8-11H2,2H3,(H,20,22). The molecule has 0 heterocycles. The largest absolute Gasteiger partial charge is 0.345 e. The van der Waals surface area contributed by atoms with Crippen molar-refractivity contribution in [1.29, 1.82) is 0 Å². The first kappa shape index (κ1) is 17.1. The fourth-order valence-corrected chi connectivity index (χ4v) is 2.61. The minimum atomic E-state index is -2.56. The van der Waals surface area contributed by atoms with Crippen molar-refractivity contribution in [2.75, 3.05) is 18.9 Å². The number of hydrogen-bond donors (Lipinski definition) is 1. The molecule has 4 nitrogen and oxygen atoms in total. The zero-order valence-corrected chi connectivity index (χ0v) is 13.0. The summed E-state index contributed by atoms with van der Waals surface area (Å²) in [7, 11) is 1.64. The summed E-state index contributed by atoms with van der Waals surface area (Å²) in [4.78, 5) is 24.8. The molecule has 0 unspecified atom stereocenters. The molecule has 1 aliphatic carbocycles. The summed E-state index contributed by atoms with van der Waals surface area (Å²) >= 11 is 0. The number of carbonyl (C=O) groups excluding carboxylic acids is 2. The molecule has 6 heteroatoms. The van der Waals surface area contributed by atoms with Gasteiger partial charge in [-0.15, -0.1) is 0 Å². The Kier molecular flexibility index (Phi) is 5.13. The van der Waals surface area contributed by atoms with Gasteiger partial charge in [0.1, 0.15) is 0 Å². The van der Waals surface area contributed by atoms with E-state index >= 15 is 0 Å². The van der Waals surface area contributed by atoms with Crippen LogP contribution >= 0.6 is 0 Å². The molecule has 1 aliphatic rings. The summed E-state index contributed by atoms with van der Waals surface area (Å²) < 4.78 is 25.6. The first-order valence-corrected chi connectivity index (χ1v) is 7.43. The Morgan fingerprint density at radius 2 is 1.96 bits per heavy atom. The zero-order valence-electron chi connectivity index (χ0n) is 13.0. The lowest BCUT2D eigenvalue weighted by molar-refractivity contribution is -0.138. The quantitative estimate of drug-likeness (QED) is 0.819. The van der Waals surface area contributed by atoms with Crippen LogP contribution < -0.4 is 5.32 Å². The van der Waals surface area contributed by atoms with Crippen LogP contribution in [0.1, 0.15) is 18.4 Å². The topological polar surface area (TPSA) is 49.4 Å². The molecule has 2 rings (SSSR count). The van der Waals surface area contributed by atoms with Gasteiger partial charge in [0.15, 0.2) is 0 Å². The Hall–Kier alpha value is -2.24. The molecule has 1 fully saturated rings. The average molecular weight is 322 g/mol. The minimum absolute atomic E-state index is 0.108. The van der Waals surface area contributed by atoms with E-state index in [2.05, 4.69) is 11.9 Å². The molecule has 0 saturated heterocycles. The molecule has 0 bridgehead atoms. The van der Waals surface area contributed by atoms with Crippen molar-refractivity contribution in [3.8, 4) is 0 Å². The number of halogens is 2. The normalized spacial score (nSPS) is 16.3. The van der Waals surface area contributed by atoms with Crippen LogP contribution in [0.25, 0.3) is 0 Å². The Bertz CT molecular complexity index is 591. The number of hydrogen-bond acceptors (Lipinski definition) is 2. The summed E-state index contributed by atoms with van der Waals surface area (Å²) in [5, 5.41) is 2.62. The number of rotatable bonds is 6. The number of anilines is 1. The van der Waals surface area contributed by atoms with E-state index in [0.717, 1.165) is 5.56 Å². The number of carbonyl (C=O) groups is 2. The summed E-state index contributed by atoms with van der Waals surface area (Å²) in [6.45, 7) is 3.73. The van der Waals surface area contributed by atoms with Gasteiger partial charge in [-0.05, 0) is 29.7 Å². The lowest BCUT2D eigenvalue weighted by Gasteiger charge is -2.37. The van der Waals surface area contributed by atoms with Crippen LogP contribution in [0.5, 0.6) is 0 Å². The van der Waals surface area contributed by atoms with Gasteiger partial charge in [0.25, 0.3) is 0 Å². The second kappa shape index (κ2) is 6.89. The van der Waals surface area contributed by atoms with E-state index in [4.69, 9.17) is 0 Å². The van der Waals surface area contributed by atoms with Crippen molar-refractivity contribution in [2.45, 2.75) is 25.2 Å². The zero-order chi connectivity index (χ0) is 17.0. The van der Waals surface area contributed by atoms with Crippen molar-refractivity contribution in [3.63, 3.8) is 0 Å². The van der Waals surface area contributed by atoms with Gasteiger partial charge in [-0.2, -0.15) is 0 Å². The van der Waals surface area contributed by atoms with E-state index in [1.165, 1.54) is 11.0 Å². The second-order valence-corrected chi connectivity index (χ2v) is 5.97. The SMILES string of the molecule is C=CC(=O)Nc1ccc(CC(=O)N(C)CC2CC(F)(F)C2)cc1. The van der Waals surface area contributed by atoms with E-state index in [1.54, 1.807) is 31.3 Å². The third-order valence-corrected chi connectivity index (χ3v) is 3.89. The fourth-order valence-electron chi connectivity index (χ4n) is 2.61. The van der Waals surface area contributed by atoms with E-state index in [1.807, 2.05) is 0 Å². The fraction of sp³-hybridized carbons (Fsp3) is 0.412. The van der Waals surface area contributed by atoms with Crippen molar-refractivity contribution < 1.29 is 18.4 Å². The first-order chi connectivity index (χ1) is 10.8. The average Bonchev–Trinajstić information content (AvgIpc) is 2.47. The molecule has 1 saturated carbocycles. The number of benzene rings is 1. The molecule has 0 atom stereocenters. The van der Waals surface area contributed by atoms with Gasteiger partial charge < -0.3 is 10.2 Å². The van der Waals surface area contributed by atoms with Gasteiger partial charge in [-0.1, -0.05) is 18.7 Å². The van der Waals surface area contributed by atoms with Crippen molar-refractivity contribution >= 4 is 17.5 Å². The van der Waals surface area contributed by atoms with Crippen LogP contribution in [0.15, 0.2) is 36.9 Å². The molecular weight excluding hydrogens is 302 g/mol. The third-order valence-electron chi connectivity index (χ3n) is 3.89. The maximum atomic E-state index is 12.8. The summed E-state index contributed by atoms with van der Waals surface area (Å²) in [5.74, 6) is -3.08. The van der Waals surface area contributed by atoms with Crippen LogP contribution in [0, 0.1) is 5.92 Å². The van der Waals surface area contributed by atoms with E-state index in [-0.39, 0.29) is 37.0 Å². The molecule has 1 N–H and O–H groups in total. The van der Waals surface area contributed by atoms with Crippen LogP contribution in [0.3, 0.4) is 0 Å². The number of amides is 2. The highest BCUT2D eigenvalue weighted by atomic mass is 19.3. The smallest absolute Gasteiger partial charge is 0.248 e. The lowest BCUT2D eigenvalue weighted by atomic mass is 9.81. The summed E-state index contributed by atoms with van der Waals surface area (Å²) in [6.07, 6.45) is 1.11. The molecule has 0 aromatic heterocycles. The van der Waals surface area contributed by atoms with Gasteiger partial charge in [-0.3, -0.25) is 9.59 Å². The van der Waals surface area contributed by atoms with Crippen LogP contribution in [0.4, 0.5) is 14.5 Å². The molecule has 0 radical (unpaired) electrons. The molecule has 1 aromatic rings. The Balaban J connectivity index is 1.82. The van der Waals surface area contributed by atoms with E-state index in [0.29, 0.717) is 12.2 Å². The van der Waals surface area contributed by atoms with Crippen LogP contribution in [-0.4, -0.2) is 36.2 Å². The van der Waals surface area contributed by atoms with Gasteiger partial charge in [0, 0.05) is 32.1 Å².